The molecule has 0 bridgehead atoms. The van der Waals surface area contributed by atoms with Crippen LogP contribution in [0.1, 0.15) is 67.3 Å². The molecule has 4 aromatic rings. The average molecular weight is 697 g/mol. The van der Waals surface area contributed by atoms with Crippen LogP contribution in [0.25, 0.3) is 22.1 Å². The van der Waals surface area contributed by atoms with E-state index in [2.05, 4.69) is 10.2 Å². The van der Waals surface area contributed by atoms with E-state index >= 15 is 0 Å². The highest BCUT2D eigenvalue weighted by Crippen LogP contribution is 2.36. The smallest absolute Gasteiger partial charge is 0.360 e. The zero-order chi connectivity index (χ0) is 35.3. The Bertz CT molecular complexity index is 1870. The van der Waals surface area contributed by atoms with Gasteiger partial charge in [-0.3, -0.25) is 9.69 Å². The number of ether oxygens (including phenoxy) is 5. The van der Waals surface area contributed by atoms with Crippen molar-refractivity contribution in [1.29, 1.82) is 0 Å². The first-order valence-corrected chi connectivity index (χ1v) is 18.2. The van der Waals surface area contributed by atoms with Crippen molar-refractivity contribution < 1.29 is 32.9 Å². The van der Waals surface area contributed by atoms with E-state index < -0.39 is 11.5 Å². The topological polar surface area (TPSA) is 109 Å². The average Bonchev–Trinajstić information content (AvgIpc) is 3.18. The van der Waals surface area contributed by atoms with E-state index in [9.17, 15) is 9.59 Å². The van der Waals surface area contributed by atoms with Gasteiger partial charge in [-0.25, -0.2) is 4.79 Å². The van der Waals surface area contributed by atoms with Crippen molar-refractivity contribution in [1.82, 2.24) is 4.90 Å². The standard InChI is InChI=1S/C41H48N2O8/c1-26-37(50-33-11-9-30(10-12-33)43(31-15-19-48-20-16-31)32-17-21-49-22-18-32)13-7-28-25-36(41(45)51-39(26)28)42-40(44)29-8-14-38(47-3)35(24-29)27-5-4-6-34(23-27)46-2/h4-8,13-14,23-25,30-33H,9-12,15-22H2,1-3H3,(H,42,44). The molecule has 1 saturated carbocycles. The van der Waals surface area contributed by atoms with Crippen LogP contribution in [0.3, 0.4) is 0 Å². The number of carbonyl (C=O) groups is 1. The molecule has 270 valence electrons. The van der Waals surface area contributed by atoms with Gasteiger partial charge in [-0.05, 0) is 112 Å². The molecule has 10 heteroatoms. The van der Waals surface area contributed by atoms with E-state index in [1.165, 1.54) is 0 Å². The van der Waals surface area contributed by atoms with Gasteiger partial charge in [0.2, 0.25) is 0 Å². The van der Waals surface area contributed by atoms with Crippen LogP contribution in [0, 0.1) is 6.92 Å². The molecule has 1 aliphatic carbocycles. The van der Waals surface area contributed by atoms with Crippen LogP contribution < -0.4 is 25.2 Å². The molecular formula is C41H48N2O8. The summed E-state index contributed by atoms with van der Waals surface area (Å²) in [6.45, 7) is 5.32. The van der Waals surface area contributed by atoms with Crippen molar-refractivity contribution in [3.8, 4) is 28.4 Å². The summed E-state index contributed by atoms with van der Waals surface area (Å²) in [5.74, 6) is 1.58. The second kappa shape index (κ2) is 15.9. The first kappa shape index (κ1) is 35.0. The Balaban J connectivity index is 1.03. The van der Waals surface area contributed by atoms with Crippen LogP contribution >= 0.6 is 0 Å². The van der Waals surface area contributed by atoms with E-state index in [-0.39, 0.29) is 11.8 Å². The first-order valence-electron chi connectivity index (χ1n) is 18.2. The Kier molecular flexibility index (Phi) is 10.9. The lowest BCUT2D eigenvalue weighted by molar-refractivity contribution is -0.0515. The molecule has 1 aromatic heterocycles. The summed E-state index contributed by atoms with van der Waals surface area (Å²) in [4.78, 5) is 29.4. The number of fused-ring (bicyclic) bond motifs is 1. The zero-order valence-corrected chi connectivity index (χ0v) is 29.8. The third kappa shape index (κ3) is 7.78. The predicted molar refractivity (Wildman–Crippen MR) is 196 cm³/mol. The van der Waals surface area contributed by atoms with Crippen molar-refractivity contribution in [3.05, 3.63) is 82.2 Å². The van der Waals surface area contributed by atoms with Gasteiger partial charge in [-0.2, -0.15) is 0 Å². The molecule has 0 spiro atoms. The van der Waals surface area contributed by atoms with Crippen molar-refractivity contribution in [3.63, 3.8) is 0 Å². The van der Waals surface area contributed by atoms with Crippen LogP contribution in [0.15, 0.2) is 69.9 Å². The number of nitrogens with zero attached hydrogens (tertiary/aromatic N) is 1. The first-order chi connectivity index (χ1) is 24.9. The second-order valence-electron chi connectivity index (χ2n) is 13.8. The summed E-state index contributed by atoms with van der Waals surface area (Å²) in [6.07, 6.45) is 8.66. The molecule has 51 heavy (non-hydrogen) atoms. The Labute approximate surface area is 299 Å². The van der Waals surface area contributed by atoms with E-state index in [1.807, 2.05) is 43.3 Å². The number of benzene rings is 3. The molecule has 3 aliphatic rings. The van der Waals surface area contributed by atoms with Gasteiger partial charge < -0.3 is 33.4 Å². The van der Waals surface area contributed by atoms with Gasteiger partial charge in [0, 0.05) is 66.6 Å². The summed E-state index contributed by atoms with van der Waals surface area (Å²) < 4.78 is 34.7. The van der Waals surface area contributed by atoms with Crippen molar-refractivity contribution in [2.45, 2.75) is 82.5 Å². The Hall–Kier alpha value is -4.38. The number of aryl methyl sites for hydroxylation is 1. The Morgan fingerprint density at radius 3 is 2.10 bits per heavy atom. The lowest BCUT2D eigenvalue weighted by atomic mass is 9.87. The van der Waals surface area contributed by atoms with Crippen LogP contribution in [0.2, 0.25) is 0 Å². The summed E-state index contributed by atoms with van der Waals surface area (Å²) in [6, 6.07) is 19.8. The maximum atomic E-state index is 13.4. The fourth-order valence-corrected chi connectivity index (χ4v) is 8.08. The van der Waals surface area contributed by atoms with Gasteiger partial charge in [-0.1, -0.05) is 12.1 Å². The molecule has 1 N–H and O–H groups in total. The number of hydrogen-bond acceptors (Lipinski definition) is 9. The van der Waals surface area contributed by atoms with Crippen LogP contribution in [-0.2, 0) is 9.47 Å². The van der Waals surface area contributed by atoms with Crippen molar-refractivity contribution in [2.75, 3.05) is 46.0 Å². The molecule has 0 atom stereocenters. The molecule has 2 saturated heterocycles. The van der Waals surface area contributed by atoms with Gasteiger partial charge in [0.1, 0.15) is 28.5 Å². The molecule has 1 amide bonds. The number of nitrogens with one attached hydrogen (secondary N) is 1. The third-order valence-corrected chi connectivity index (χ3v) is 10.8. The van der Waals surface area contributed by atoms with E-state index in [0.29, 0.717) is 46.2 Å². The van der Waals surface area contributed by atoms with Gasteiger partial charge >= 0.3 is 5.63 Å². The zero-order valence-electron chi connectivity index (χ0n) is 29.8. The summed E-state index contributed by atoms with van der Waals surface area (Å²) >= 11 is 0. The minimum atomic E-state index is -0.626. The SMILES string of the molecule is COc1cccc(-c2cc(C(=O)Nc3cc4ccc(OC5CCC(N(C6CCOCC6)C6CCOCC6)CC5)c(C)c4oc3=O)ccc2OC)c1. The predicted octanol–water partition coefficient (Wildman–Crippen LogP) is 7.39. The van der Waals surface area contributed by atoms with Crippen LogP contribution in [-0.4, -0.2) is 75.7 Å². The fourth-order valence-electron chi connectivity index (χ4n) is 8.08. The highest BCUT2D eigenvalue weighted by atomic mass is 16.5. The van der Waals surface area contributed by atoms with Crippen LogP contribution in [0.4, 0.5) is 5.69 Å². The van der Waals surface area contributed by atoms with Gasteiger partial charge in [0.25, 0.3) is 5.91 Å². The number of hydrogen-bond donors (Lipinski definition) is 1. The van der Waals surface area contributed by atoms with Crippen molar-refractivity contribution >= 4 is 22.6 Å². The molecule has 0 unspecified atom stereocenters. The summed E-state index contributed by atoms with van der Waals surface area (Å²) in [7, 11) is 3.19. The highest BCUT2D eigenvalue weighted by molar-refractivity contribution is 6.05. The second-order valence-corrected chi connectivity index (χ2v) is 13.8. The van der Waals surface area contributed by atoms with Crippen LogP contribution in [0.5, 0.6) is 17.2 Å². The quantitative estimate of drug-likeness (QED) is 0.170. The third-order valence-electron chi connectivity index (χ3n) is 10.8. The highest BCUT2D eigenvalue weighted by Gasteiger charge is 2.37. The number of rotatable bonds is 10. The number of carbonyl (C=O) groups excluding carboxylic acids is 1. The monoisotopic (exact) mass is 696 g/mol. The fraction of sp³-hybridized carbons (Fsp3) is 0.463. The van der Waals surface area contributed by atoms with E-state index in [4.69, 9.17) is 28.1 Å². The maximum Gasteiger partial charge on any atom is 0.360 e. The largest absolute Gasteiger partial charge is 0.497 e. The molecule has 3 fully saturated rings. The lowest BCUT2D eigenvalue weighted by Gasteiger charge is -2.48. The van der Waals surface area contributed by atoms with Crippen molar-refractivity contribution in [2.24, 2.45) is 0 Å². The molecule has 10 nitrogen and oxygen atoms in total. The Morgan fingerprint density at radius 2 is 1.43 bits per heavy atom. The molecule has 0 radical (unpaired) electrons. The van der Waals surface area contributed by atoms with Gasteiger partial charge in [-0.15, -0.1) is 0 Å². The molecule has 3 heterocycles. The lowest BCUT2D eigenvalue weighted by Crippen LogP contribution is -2.54. The molecule has 3 aromatic carbocycles. The van der Waals surface area contributed by atoms with E-state index in [1.54, 1.807) is 38.5 Å². The van der Waals surface area contributed by atoms with Gasteiger partial charge in [0.05, 0.1) is 20.3 Å². The van der Waals surface area contributed by atoms with Gasteiger partial charge in [0.15, 0.2) is 0 Å². The minimum Gasteiger partial charge on any atom is -0.497 e. The number of amides is 1. The number of methoxy groups -OCH3 is 2. The Morgan fingerprint density at radius 1 is 0.765 bits per heavy atom. The number of anilines is 1. The van der Waals surface area contributed by atoms with E-state index in [0.717, 1.165) is 100 Å². The molecule has 7 rings (SSSR count). The maximum absolute atomic E-state index is 13.4. The summed E-state index contributed by atoms with van der Waals surface area (Å²) in [5, 5.41) is 3.46. The summed E-state index contributed by atoms with van der Waals surface area (Å²) in [5.41, 5.74) is 2.59. The molecule has 2 aliphatic heterocycles. The minimum absolute atomic E-state index is 0.0660. The molecular weight excluding hydrogens is 648 g/mol. The normalized spacial score (nSPS) is 20.3.